The molecule has 2 aliphatic carbocycles. The summed E-state index contributed by atoms with van der Waals surface area (Å²) in [5.74, 6) is 0.860. The summed E-state index contributed by atoms with van der Waals surface area (Å²) in [6.45, 7) is 6.68. The van der Waals surface area contributed by atoms with Crippen LogP contribution in [0.2, 0.25) is 0 Å². The van der Waals surface area contributed by atoms with Gasteiger partial charge in [0.25, 0.3) is 0 Å². The molecule has 0 bridgehead atoms. The fourth-order valence-electron chi connectivity index (χ4n) is 6.68. The molecule has 0 amide bonds. The molecule has 3 atom stereocenters. The molecular formula is C34H39FO5. The van der Waals surface area contributed by atoms with Crippen molar-refractivity contribution >= 4 is 5.97 Å². The topological polar surface area (TPSA) is 54.0 Å². The second kappa shape index (κ2) is 10.9. The van der Waals surface area contributed by atoms with Crippen molar-refractivity contribution in [3.05, 3.63) is 82.7 Å². The number of hydrogen-bond acceptors (Lipinski definition) is 5. The Hall–Kier alpha value is -3.38. The lowest BCUT2D eigenvalue weighted by Gasteiger charge is -2.46. The van der Waals surface area contributed by atoms with E-state index in [1.54, 1.807) is 26.4 Å². The average Bonchev–Trinajstić information content (AvgIpc) is 3.32. The van der Waals surface area contributed by atoms with Crippen molar-refractivity contribution in [2.45, 2.75) is 64.6 Å². The monoisotopic (exact) mass is 546 g/mol. The summed E-state index contributed by atoms with van der Waals surface area (Å²) >= 11 is 0. The quantitative estimate of drug-likeness (QED) is 0.273. The van der Waals surface area contributed by atoms with Gasteiger partial charge in [0.15, 0.2) is 0 Å². The summed E-state index contributed by atoms with van der Waals surface area (Å²) in [5.41, 5.74) is 5.25. The molecule has 0 N–H and O–H groups in total. The van der Waals surface area contributed by atoms with Crippen LogP contribution in [0.5, 0.6) is 11.5 Å². The molecule has 40 heavy (non-hydrogen) atoms. The van der Waals surface area contributed by atoms with Crippen molar-refractivity contribution in [3.8, 4) is 22.6 Å². The largest absolute Gasteiger partial charge is 0.497 e. The number of hydrogen-bond donors (Lipinski definition) is 0. The Balaban J connectivity index is 1.45. The van der Waals surface area contributed by atoms with Crippen molar-refractivity contribution in [1.29, 1.82) is 0 Å². The highest BCUT2D eigenvalue weighted by Crippen LogP contribution is 2.57. The van der Waals surface area contributed by atoms with E-state index in [2.05, 4.69) is 39.0 Å². The van der Waals surface area contributed by atoms with Crippen molar-refractivity contribution in [1.82, 2.24) is 0 Å². The smallest absolute Gasteiger partial charge is 0.309 e. The number of fused-ring (bicyclic) bond motifs is 2. The van der Waals surface area contributed by atoms with Crippen LogP contribution in [0.3, 0.4) is 0 Å². The van der Waals surface area contributed by atoms with E-state index in [-0.39, 0.29) is 34.6 Å². The van der Waals surface area contributed by atoms with E-state index in [0.29, 0.717) is 17.9 Å². The lowest BCUT2D eigenvalue weighted by Crippen LogP contribution is -2.47. The molecule has 0 aromatic heterocycles. The molecule has 5 nitrogen and oxygen atoms in total. The fraction of sp³-hybridized carbons (Fsp3) is 0.441. The number of carbonyl (C=O) groups is 1. The first-order valence-corrected chi connectivity index (χ1v) is 13.9. The number of benzene rings is 3. The molecule has 0 saturated heterocycles. The zero-order valence-corrected chi connectivity index (χ0v) is 24.3. The summed E-state index contributed by atoms with van der Waals surface area (Å²) in [6, 6.07) is 17.0. The first kappa shape index (κ1) is 28.2. The molecule has 0 unspecified atom stereocenters. The first-order chi connectivity index (χ1) is 19.1. The van der Waals surface area contributed by atoms with Gasteiger partial charge < -0.3 is 18.9 Å². The minimum Gasteiger partial charge on any atom is -0.497 e. The van der Waals surface area contributed by atoms with E-state index < -0.39 is 0 Å². The SMILES string of the molecule is COC(=O)[C@@H]1CC[C@]12CCc1ccc(OCc3ccc(-c4cc(OC)ccc4F)c([C@H](OC)C(C)(C)C)c3)cc12. The van der Waals surface area contributed by atoms with Crippen molar-refractivity contribution in [2.24, 2.45) is 11.3 Å². The Labute approximate surface area is 236 Å². The summed E-state index contributed by atoms with van der Waals surface area (Å²) in [6.07, 6.45) is 3.54. The molecule has 0 radical (unpaired) electrons. The summed E-state index contributed by atoms with van der Waals surface area (Å²) < 4.78 is 37.8. The highest BCUT2D eigenvalue weighted by molar-refractivity contribution is 5.77. The van der Waals surface area contributed by atoms with Gasteiger partial charge in [0.05, 0.1) is 26.2 Å². The fourth-order valence-corrected chi connectivity index (χ4v) is 6.68. The maximum absolute atomic E-state index is 15.1. The molecule has 1 fully saturated rings. The predicted octanol–water partition coefficient (Wildman–Crippen LogP) is 7.58. The van der Waals surface area contributed by atoms with Crippen LogP contribution in [-0.4, -0.2) is 27.3 Å². The Kier molecular flexibility index (Phi) is 7.66. The van der Waals surface area contributed by atoms with Gasteiger partial charge in [0.2, 0.25) is 0 Å². The number of methoxy groups -OCH3 is 3. The third kappa shape index (κ3) is 4.98. The normalized spacial score (nSPS) is 20.5. The van der Waals surface area contributed by atoms with Gasteiger partial charge in [-0.3, -0.25) is 4.79 Å². The molecule has 0 aliphatic heterocycles. The third-order valence-corrected chi connectivity index (χ3v) is 8.78. The Morgan fingerprint density at radius 3 is 2.40 bits per heavy atom. The molecule has 2 aliphatic rings. The standard InChI is InChI=1S/C34H39FO5/c1-33(2,3)31(38-5)27-17-21(7-11-25(27)26-18-23(37-4)10-12-30(26)35)20-40-24-9-8-22-13-15-34(29(22)19-24)16-14-28(34)32(36)39-6/h7-12,17-19,28,31H,13-16,20H2,1-6H3/t28-,31-,34+/m0/s1. The van der Waals surface area contributed by atoms with Gasteiger partial charge in [-0.1, -0.05) is 39.0 Å². The molecule has 1 saturated carbocycles. The van der Waals surface area contributed by atoms with Gasteiger partial charge in [-0.05, 0) is 95.3 Å². The van der Waals surface area contributed by atoms with Crippen LogP contribution in [0.25, 0.3) is 11.1 Å². The average molecular weight is 547 g/mol. The van der Waals surface area contributed by atoms with Gasteiger partial charge in [-0.25, -0.2) is 4.39 Å². The Bertz CT molecular complexity index is 1410. The van der Waals surface area contributed by atoms with Crippen LogP contribution in [0.4, 0.5) is 4.39 Å². The predicted molar refractivity (Wildman–Crippen MR) is 153 cm³/mol. The van der Waals surface area contributed by atoms with Crippen molar-refractivity contribution < 1.29 is 28.1 Å². The number of halogens is 1. The zero-order chi connectivity index (χ0) is 28.7. The summed E-state index contributed by atoms with van der Waals surface area (Å²) in [4.78, 5) is 12.4. The van der Waals surface area contributed by atoms with Gasteiger partial charge in [0, 0.05) is 18.1 Å². The van der Waals surface area contributed by atoms with Crippen LogP contribution in [0, 0.1) is 17.2 Å². The summed E-state index contributed by atoms with van der Waals surface area (Å²) in [7, 11) is 4.74. The molecule has 5 rings (SSSR count). The van der Waals surface area contributed by atoms with Gasteiger partial charge >= 0.3 is 5.97 Å². The van der Waals surface area contributed by atoms with E-state index >= 15 is 4.39 Å². The second-order valence-corrected chi connectivity index (χ2v) is 12.1. The van der Waals surface area contributed by atoms with Crippen molar-refractivity contribution in [3.63, 3.8) is 0 Å². The molecular weight excluding hydrogens is 507 g/mol. The van der Waals surface area contributed by atoms with Crippen LogP contribution >= 0.6 is 0 Å². The number of rotatable bonds is 8. The molecule has 6 heteroatoms. The lowest BCUT2D eigenvalue weighted by molar-refractivity contribution is -0.153. The van der Waals surface area contributed by atoms with E-state index in [1.165, 1.54) is 24.3 Å². The third-order valence-electron chi connectivity index (χ3n) is 8.78. The maximum atomic E-state index is 15.1. The van der Waals surface area contributed by atoms with E-state index in [9.17, 15) is 4.79 Å². The number of carbonyl (C=O) groups excluding carboxylic acids is 1. The van der Waals surface area contributed by atoms with E-state index in [0.717, 1.165) is 48.1 Å². The van der Waals surface area contributed by atoms with Crippen LogP contribution in [-0.2, 0) is 32.7 Å². The Morgan fingerprint density at radius 2 is 1.75 bits per heavy atom. The molecule has 1 spiro atoms. The second-order valence-electron chi connectivity index (χ2n) is 12.1. The van der Waals surface area contributed by atoms with E-state index in [4.69, 9.17) is 18.9 Å². The van der Waals surface area contributed by atoms with Crippen LogP contribution in [0.15, 0.2) is 54.6 Å². The molecule has 212 valence electrons. The maximum Gasteiger partial charge on any atom is 0.309 e. The molecule has 0 heterocycles. The van der Waals surface area contributed by atoms with Gasteiger partial charge in [0.1, 0.15) is 23.9 Å². The van der Waals surface area contributed by atoms with Crippen molar-refractivity contribution in [2.75, 3.05) is 21.3 Å². The number of esters is 1. The number of ether oxygens (including phenoxy) is 4. The zero-order valence-electron chi connectivity index (χ0n) is 24.3. The summed E-state index contributed by atoms with van der Waals surface area (Å²) in [5, 5.41) is 0. The van der Waals surface area contributed by atoms with Crippen LogP contribution in [0.1, 0.15) is 68.4 Å². The van der Waals surface area contributed by atoms with Crippen LogP contribution < -0.4 is 9.47 Å². The highest BCUT2D eigenvalue weighted by Gasteiger charge is 2.55. The van der Waals surface area contributed by atoms with Gasteiger partial charge in [-0.15, -0.1) is 0 Å². The highest BCUT2D eigenvalue weighted by atomic mass is 19.1. The minimum absolute atomic E-state index is 0.0792. The number of aryl methyl sites for hydroxylation is 1. The molecule has 3 aromatic carbocycles. The minimum atomic E-state index is -0.317. The first-order valence-electron chi connectivity index (χ1n) is 13.9. The lowest BCUT2D eigenvalue weighted by atomic mass is 9.57. The van der Waals surface area contributed by atoms with Gasteiger partial charge in [-0.2, -0.15) is 0 Å². The van der Waals surface area contributed by atoms with E-state index in [1.807, 2.05) is 18.2 Å². The molecule has 3 aromatic rings. The Morgan fingerprint density at radius 1 is 0.975 bits per heavy atom.